The van der Waals surface area contributed by atoms with Crippen molar-refractivity contribution >= 4 is 28.8 Å². The minimum atomic E-state index is -0.429. The van der Waals surface area contributed by atoms with E-state index in [1.807, 2.05) is 0 Å². The molecule has 0 spiro atoms. The highest BCUT2D eigenvalue weighted by Crippen LogP contribution is 2.20. The first-order valence-electron chi connectivity index (χ1n) is 6.03. The van der Waals surface area contributed by atoms with E-state index >= 15 is 0 Å². The van der Waals surface area contributed by atoms with Crippen molar-refractivity contribution < 1.29 is 13.9 Å². The average Bonchev–Trinajstić information content (AvgIpc) is 2.91. The summed E-state index contributed by atoms with van der Waals surface area (Å²) in [6.45, 7) is 0.247. The van der Waals surface area contributed by atoms with Gasteiger partial charge >= 0.3 is 0 Å². The van der Waals surface area contributed by atoms with Crippen LogP contribution in [0.3, 0.4) is 0 Å². The van der Waals surface area contributed by atoms with Crippen LogP contribution in [-0.2, 0) is 0 Å². The molecule has 2 aromatic rings. The molecule has 1 aromatic carbocycles. The van der Waals surface area contributed by atoms with Crippen LogP contribution in [0.25, 0.3) is 0 Å². The number of thiophene rings is 1. The fourth-order valence-corrected chi connectivity index (χ4v) is 2.40. The van der Waals surface area contributed by atoms with Gasteiger partial charge in [0, 0.05) is 0 Å². The van der Waals surface area contributed by atoms with Crippen LogP contribution < -0.4 is 10.1 Å². The van der Waals surface area contributed by atoms with Gasteiger partial charge in [0.1, 0.15) is 6.61 Å². The van der Waals surface area contributed by atoms with E-state index in [4.69, 9.17) is 16.3 Å². The van der Waals surface area contributed by atoms with Crippen LogP contribution in [0, 0.1) is 17.7 Å². The van der Waals surface area contributed by atoms with E-state index in [1.165, 1.54) is 23.5 Å². The first kappa shape index (κ1) is 15.4. The summed E-state index contributed by atoms with van der Waals surface area (Å²) >= 11 is 6.94. The van der Waals surface area contributed by atoms with Crippen LogP contribution in [0.5, 0.6) is 5.75 Å². The highest BCUT2D eigenvalue weighted by molar-refractivity contribution is 7.17. The van der Waals surface area contributed by atoms with Crippen LogP contribution in [0.4, 0.5) is 4.39 Å². The molecule has 0 unspecified atom stereocenters. The number of hydrogen-bond donors (Lipinski definition) is 1. The largest absolute Gasteiger partial charge is 0.478 e. The van der Waals surface area contributed by atoms with Gasteiger partial charge in [0.25, 0.3) is 5.91 Å². The van der Waals surface area contributed by atoms with Gasteiger partial charge in [-0.3, -0.25) is 4.79 Å². The number of para-hydroxylation sites is 1. The van der Waals surface area contributed by atoms with Crippen LogP contribution in [0.15, 0.2) is 36.4 Å². The number of ether oxygens (including phenoxy) is 1. The molecule has 1 aromatic heterocycles. The summed E-state index contributed by atoms with van der Waals surface area (Å²) in [6.07, 6.45) is 0. The van der Waals surface area contributed by atoms with E-state index in [0.29, 0.717) is 9.21 Å². The molecule has 0 aliphatic rings. The molecule has 0 bridgehead atoms. The number of nitrogens with one attached hydrogen (secondary N) is 1. The molecule has 0 aliphatic heterocycles. The highest BCUT2D eigenvalue weighted by Gasteiger charge is 2.06. The zero-order chi connectivity index (χ0) is 15.1. The van der Waals surface area contributed by atoms with E-state index in [2.05, 4.69) is 17.2 Å². The minimum absolute atomic E-state index is 0.0572. The molecule has 1 heterocycles. The molecule has 3 nitrogen and oxygen atoms in total. The predicted molar refractivity (Wildman–Crippen MR) is 81.3 cm³/mol. The molecule has 6 heteroatoms. The third-order valence-corrected chi connectivity index (χ3v) is 3.63. The Morgan fingerprint density at radius 1 is 1.29 bits per heavy atom. The quantitative estimate of drug-likeness (QED) is 0.876. The Labute approximate surface area is 130 Å². The lowest BCUT2D eigenvalue weighted by molar-refractivity contribution is 0.0962. The summed E-state index contributed by atoms with van der Waals surface area (Å²) in [5.74, 6) is 4.92. The number of carbonyl (C=O) groups is 1. The fourth-order valence-electron chi connectivity index (χ4n) is 1.44. The molecular weight excluding hydrogens is 313 g/mol. The summed E-state index contributed by atoms with van der Waals surface area (Å²) in [4.78, 5) is 12.2. The zero-order valence-corrected chi connectivity index (χ0v) is 12.4. The normalized spacial score (nSPS) is 9.62. The number of carbonyl (C=O) groups excluding carboxylic acids is 1. The lowest BCUT2D eigenvalue weighted by Gasteiger charge is -2.02. The third-order valence-electron chi connectivity index (χ3n) is 2.40. The Kier molecular flexibility index (Phi) is 5.61. The van der Waals surface area contributed by atoms with Gasteiger partial charge in [-0.1, -0.05) is 35.6 Å². The van der Waals surface area contributed by atoms with Gasteiger partial charge in [0.2, 0.25) is 0 Å². The van der Waals surface area contributed by atoms with Crippen LogP contribution >= 0.6 is 22.9 Å². The molecular formula is C15H11ClFNO2S. The molecule has 0 radical (unpaired) electrons. The lowest BCUT2D eigenvalue weighted by atomic mass is 10.3. The van der Waals surface area contributed by atoms with Crippen molar-refractivity contribution in [1.82, 2.24) is 5.32 Å². The SMILES string of the molecule is O=C(NCC#CCOc1ccccc1F)c1ccc(Cl)s1. The van der Waals surface area contributed by atoms with Crippen molar-refractivity contribution in [2.24, 2.45) is 0 Å². The van der Waals surface area contributed by atoms with Crippen molar-refractivity contribution in [2.75, 3.05) is 13.2 Å². The Morgan fingerprint density at radius 2 is 2.10 bits per heavy atom. The Hall–Kier alpha value is -2.03. The second-order valence-electron chi connectivity index (χ2n) is 3.86. The zero-order valence-electron chi connectivity index (χ0n) is 10.9. The molecule has 0 saturated carbocycles. The Morgan fingerprint density at radius 3 is 2.81 bits per heavy atom. The fraction of sp³-hybridized carbons (Fsp3) is 0.133. The van der Waals surface area contributed by atoms with E-state index in [1.54, 1.807) is 24.3 Å². The third kappa shape index (κ3) is 4.78. The first-order chi connectivity index (χ1) is 10.2. The second kappa shape index (κ2) is 7.67. The van der Waals surface area contributed by atoms with Gasteiger partial charge in [0.15, 0.2) is 11.6 Å². The monoisotopic (exact) mass is 323 g/mol. The van der Waals surface area contributed by atoms with E-state index in [-0.39, 0.29) is 24.8 Å². The number of halogens is 2. The molecule has 108 valence electrons. The van der Waals surface area contributed by atoms with Gasteiger partial charge in [-0.05, 0) is 24.3 Å². The first-order valence-corrected chi connectivity index (χ1v) is 7.23. The molecule has 1 N–H and O–H groups in total. The van der Waals surface area contributed by atoms with Crippen LogP contribution in [-0.4, -0.2) is 19.1 Å². The summed E-state index contributed by atoms with van der Waals surface area (Å²) in [5, 5.41) is 2.63. The molecule has 0 fully saturated rings. The maximum Gasteiger partial charge on any atom is 0.262 e. The Balaban J connectivity index is 1.72. The summed E-state index contributed by atoms with van der Waals surface area (Å²) in [7, 11) is 0. The van der Waals surface area contributed by atoms with Gasteiger partial charge < -0.3 is 10.1 Å². The molecule has 1 amide bonds. The highest BCUT2D eigenvalue weighted by atomic mass is 35.5. The average molecular weight is 324 g/mol. The van der Waals surface area contributed by atoms with E-state index < -0.39 is 5.82 Å². The summed E-state index contributed by atoms with van der Waals surface area (Å²) in [5.41, 5.74) is 0. The topological polar surface area (TPSA) is 38.3 Å². The number of amides is 1. The van der Waals surface area contributed by atoms with Crippen molar-refractivity contribution in [3.63, 3.8) is 0 Å². The molecule has 0 aliphatic carbocycles. The van der Waals surface area contributed by atoms with Crippen molar-refractivity contribution in [3.8, 4) is 17.6 Å². The van der Waals surface area contributed by atoms with E-state index in [0.717, 1.165) is 0 Å². The van der Waals surface area contributed by atoms with Gasteiger partial charge in [0.05, 0.1) is 15.8 Å². The number of benzene rings is 1. The van der Waals surface area contributed by atoms with Crippen molar-refractivity contribution in [2.45, 2.75) is 0 Å². The van der Waals surface area contributed by atoms with Crippen LogP contribution in [0.2, 0.25) is 4.34 Å². The summed E-state index contributed by atoms with van der Waals surface area (Å²) < 4.78 is 18.9. The van der Waals surface area contributed by atoms with Gasteiger partial charge in [-0.2, -0.15) is 0 Å². The van der Waals surface area contributed by atoms with Gasteiger partial charge in [-0.25, -0.2) is 4.39 Å². The maximum atomic E-state index is 13.2. The maximum absolute atomic E-state index is 13.2. The van der Waals surface area contributed by atoms with Crippen LogP contribution in [0.1, 0.15) is 9.67 Å². The minimum Gasteiger partial charge on any atom is -0.478 e. The predicted octanol–water partition coefficient (Wildman–Crippen LogP) is 3.35. The van der Waals surface area contributed by atoms with Crippen molar-refractivity contribution in [1.29, 1.82) is 0 Å². The Bertz CT molecular complexity index is 690. The second-order valence-corrected chi connectivity index (χ2v) is 5.57. The van der Waals surface area contributed by atoms with Gasteiger partial charge in [-0.15, -0.1) is 11.3 Å². The standard InChI is InChI=1S/C15H11ClFNO2S/c16-14-8-7-13(21-14)15(19)18-9-3-4-10-20-12-6-2-1-5-11(12)17/h1-2,5-8H,9-10H2,(H,18,19). The number of rotatable bonds is 4. The lowest BCUT2D eigenvalue weighted by Crippen LogP contribution is -2.22. The molecule has 0 saturated heterocycles. The number of hydrogen-bond acceptors (Lipinski definition) is 3. The van der Waals surface area contributed by atoms with Crippen molar-refractivity contribution in [3.05, 3.63) is 51.4 Å². The molecule has 0 atom stereocenters. The van der Waals surface area contributed by atoms with E-state index in [9.17, 15) is 9.18 Å². The smallest absolute Gasteiger partial charge is 0.262 e. The molecule has 21 heavy (non-hydrogen) atoms. The molecule has 2 rings (SSSR count). The summed E-state index contributed by atoms with van der Waals surface area (Å²) in [6, 6.07) is 9.42.